The summed E-state index contributed by atoms with van der Waals surface area (Å²) in [4.78, 5) is 0.358. The van der Waals surface area contributed by atoms with Gasteiger partial charge in [0.15, 0.2) is 0 Å². The van der Waals surface area contributed by atoms with Crippen molar-refractivity contribution in [3.05, 3.63) is 28.2 Å². The van der Waals surface area contributed by atoms with Gasteiger partial charge in [-0.15, -0.1) is 0 Å². The number of rotatable bonds is 4. The molecular formula is C14H21BrN2O2S. The van der Waals surface area contributed by atoms with Gasteiger partial charge in [0.2, 0.25) is 10.0 Å². The highest BCUT2D eigenvalue weighted by Crippen LogP contribution is 2.22. The van der Waals surface area contributed by atoms with Gasteiger partial charge in [-0.3, -0.25) is 0 Å². The number of likely N-dealkylation sites (N-methyl/N-ethyl adjacent to an activating group) is 1. The van der Waals surface area contributed by atoms with Crippen molar-refractivity contribution in [1.29, 1.82) is 0 Å². The molecular weight excluding hydrogens is 340 g/mol. The maximum atomic E-state index is 12.6. The Morgan fingerprint density at radius 3 is 2.75 bits per heavy atom. The minimum absolute atomic E-state index is 0.264. The van der Waals surface area contributed by atoms with Crippen molar-refractivity contribution < 1.29 is 8.42 Å². The SMILES string of the molecule is Cc1cc(S(=O)(=O)N(C)CC2CCCCN2)ccc1Br. The van der Waals surface area contributed by atoms with Gasteiger partial charge in [-0.25, -0.2) is 8.42 Å². The molecule has 0 aromatic heterocycles. The molecule has 0 radical (unpaired) electrons. The molecule has 4 nitrogen and oxygen atoms in total. The minimum Gasteiger partial charge on any atom is -0.313 e. The van der Waals surface area contributed by atoms with Crippen molar-refractivity contribution in [2.75, 3.05) is 20.1 Å². The molecule has 112 valence electrons. The van der Waals surface area contributed by atoms with Gasteiger partial charge in [0.25, 0.3) is 0 Å². The largest absolute Gasteiger partial charge is 0.313 e. The normalized spacial score (nSPS) is 20.3. The van der Waals surface area contributed by atoms with E-state index in [1.54, 1.807) is 25.2 Å². The predicted molar refractivity (Wildman–Crippen MR) is 84.3 cm³/mol. The fourth-order valence-corrected chi connectivity index (χ4v) is 3.99. The zero-order valence-electron chi connectivity index (χ0n) is 11.9. The Labute approximate surface area is 129 Å². The molecule has 0 bridgehead atoms. The van der Waals surface area contributed by atoms with E-state index in [0.29, 0.717) is 11.4 Å². The van der Waals surface area contributed by atoms with Gasteiger partial charge in [0.1, 0.15) is 0 Å². The van der Waals surface area contributed by atoms with E-state index in [0.717, 1.165) is 23.0 Å². The summed E-state index contributed by atoms with van der Waals surface area (Å²) in [7, 11) is -1.75. The molecule has 1 atom stereocenters. The van der Waals surface area contributed by atoms with Crippen LogP contribution in [-0.2, 0) is 10.0 Å². The van der Waals surface area contributed by atoms with Crippen molar-refractivity contribution in [2.24, 2.45) is 0 Å². The van der Waals surface area contributed by atoms with E-state index < -0.39 is 10.0 Å². The Hall–Kier alpha value is -0.430. The Morgan fingerprint density at radius 2 is 2.15 bits per heavy atom. The number of hydrogen-bond donors (Lipinski definition) is 1. The van der Waals surface area contributed by atoms with Gasteiger partial charge in [-0.2, -0.15) is 4.31 Å². The van der Waals surface area contributed by atoms with Crippen molar-refractivity contribution in [3.8, 4) is 0 Å². The van der Waals surface area contributed by atoms with E-state index in [2.05, 4.69) is 21.2 Å². The van der Waals surface area contributed by atoms with Crippen LogP contribution in [0.25, 0.3) is 0 Å². The summed E-state index contributed by atoms with van der Waals surface area (Å²) in [5.41, 5.74) is 0.926. The zero-order chi connectivity index (χ0) is 14.8. The molecule has 20 heavy (non-hydrogen) atoms. The highest BCUT2D eigenvalue weighted by atomic mass is 79.9. The molecule has 1 aliphatic rings. The van der Waals surface area contributed by atoms with Gasteiger partial charge in [-0.05, 0) is 50.1 Å². The van der Waals surface area contributed by atoms with E-state index in [1.165, 1.54) is 17.1 Å². The van der Waals surface area contributed by atoms with Crippen LogP contribution in [0.1, 0.15) is 24.8 Å². The van der Waals surface area contributed by atoms with E-state index in [4.69, 9.17) is 0 Å². The number of nitrogens with zero attached hydrogens (tertiary/aromatic N) is 1. The number of nitrogens with one attached hydrogen (secondary N) is 1. The van der Waals surface area contributed by atoms with Gasteiger partial charge in [0.05, 0.1) is 4.90 Å². The van der Waals surface area contributed by atoms with Gasteiger partial charge in [-0.1, -0.05) is 22.4 Å². The molecule has 0 spiro atoms. The first-order valence-corrected chi connectivity index (χ1v) is 9.10. The first-order chi connectivity index (χ1) is 9.41. The summed E-state index contributed by atoms with van der Waals surface area (Å²) in [6, 6.07) is 5.41. The molecule has 1 fully saturated rings. The number of aryl methyl sites for hydroxylation is 1. The maximum Gasteiger partial charge on any atom is 0.242 e. The minimum atomic E-state index is -3.41. The van der Waals surface area contributed by atoms with Crippen molar-refractivity contribution in [2.45, 2.75) is 37.1 Å². The second kappa shape index (κ2) is 6.56. The van der Waals surface area contributed by atoms with Crippen LogP contribution in [-0.4, -0.2) is 38.9 Å². The summed E-state index contributed by atoms with van der Waals surface area (Å²) in [6.07, 6.45) is 3.39. The summed E-state index contributed by atoms with van der Waals surface area (Å²) in [5, 5.41) is 3.38. The lowest BCUT2D eigenvalue weighted by Gasteiger charge is -2.27. The van der Waals surface area contributed by atoms with Crippen LogP contribution in [0.3, 0.4) is 0 Å². The fraction of sp³-hybridized carbons (Fsp3) is 0.571. The van der Waals surface area contributed by atoms with Crippen LogP contribution in [0.5, 0.6) is 0 Å². The quantitative estimate of drug-likeness (QED) is 0.897. The number of piperidine rings is 1. The van der Waals surface area contributed by atoms with Crippen LogP contribution < -0.4 is 5.32 Å². The summed E-state index contributed by atoms with van der Waals surface area (Å²) in [6.45, 7) is 3.40. The van der Waals surface area contributed by atoms with Gasteiger partial charge < -0.3 is 5.32 Å². The second-order valence-electron chi connectivity index (χ2n) is 5.34. The number of benzene rings is 1. The molecule has 2 rings (SSSR count). The lowest BCUT2D eigenvalue weighted by molar-refractivity contribution is 0.337. The molecule has 1 aromatic carbocycles. The number of hydrogen-bond acceptors (Lipinski definition) is 3. The first-order valence-electron chi connectivity index (χ1n) is 6.87. The molecule has 6 heteroatoms. The third-order valence-corrected chi connectivity index (χ3v) is 6.44. The number of sulfonamides is 1. The fourth-order valence-electron chi connectivity index (χ4n) is 2.45. The Morgan fingerprint density at radius 1 is 1.40 bits per heavy atom. The molecule has 0 saturated carbocycles. The molecule has 1 aromatic rings. The van der Waals surface area contributed by atoms with Crippen LogP contribution in [0, 0.1) is 6.92 Å². The number of halogens is 1. The highest BCUT2D eigenvalue weighted by molar-refractivity contribution is 9.10. The van der Waals surface area contributed by atoms with Crippen molar-refractivity contribution >= 4 is 26.0 Å². The van der Waals surface area contributed by atoms with Gasteiger partial charge >= 0.3 is 0 Å². The smallest absolute Gasteiger partial charge is 0.242 e. The van der Waals surface area contributed by atoms with E-state index >= 15 is 0 Å². The predicted octanol–water partition coefficient (Wildman–Crippen LogP) is 2.52. The topological polar surface area (TPSA) is 49.4 Å². The summed E-state index contributed by atoms with van der Waals surface area (Å²) >= 11 is 3.39. The van der Waals surface area contributed by atoms with E-state index in [1.807, 2.05) is 6.92 Å². The lowest BCUT2D eigenvalue weighted by atomic mass is 10.1. The van der Waals surface area contributed by atoms with Crippen LogP contribution in [0.4, 0.5) is 0 Å². The molecule has 1 N–H and O–H groups in total. The van der Waals surface area contributed by atoms with Crippen LogP contribution >= 0.6 is 15.9 Å². The molecule has 1 aliphatic heterocycles. The standard InChI is InChI=1S/C14H21BrN2O2S/c1-11-9-13(6-7-14(11)15)20(18,19)17(2)10-12-5-3-4-8-16-12/h6-7,9,12,16H,3-5,8,10H2,1-2H3. The molecule has 1 saturated heterocycles. The molecule has 0 amide bonds. The van der Waals surface area contributed by atoms with Crippen molar-refractivity contribution in [3.63, 3.8) is 0 Å². The maximum absolute atomic E-state index is 12.6. The molecule has 1 unspecified atom stereocenters. The van der Waals surface area contributed by atoms with Crippen LogP contribution in [0.15, 0.2) is 27.6 Å². The van der Waals surface area contributed by atoms with E-state index in [-0.39, 0.29) is 6.04 Å². The molecule has 0 aliphatic carbocycles. The van der Waals surface area contributed by atoms with Gasteiger partial charge in [0, 0.05) is 24.1 Å². The Bertz CT molecular complexity index is 569. The zero-order valence-corrected chi connectivity index (χ0v) is 14.3. The van der Waals surface area contributed by atoms with Crippen LogP contribution in [0.2, 0.25) is 0 Å². The Kier molecular flexibility index (Phi) is 5.23. The highest BCUT2D eigenvalue weighted by Gasteiger charge is 2.24. The average Bonchev–Trinajstić information content (AvgIpc) is 2.42. The second-order valence-corrected chi connectivity index (χ2v) is 8.24. The first kappa shape index (κ1) is 15.9. The summed E-state index contributed by atoms with van der Waals surface area (Å²) in [5.74, 6) is 0. The third-order valence-electron chi connectivity index (χ3n) is 3.73. The monoisotopic (exact) mass is 360 g/mol. The summed E-state index contributed by atoms with van der Waals surface area (Å²) < 4.78 is 27.5. The van der Waals surface area contributed by atoms with E-state index in [9.17, 15) is 8.42 Å². The average molecular weight is 361 g/mol. The third kappa shape index (κ3) is 3.61. The van der Waals surface area contributed by atoms with Crippen molar-refractivity contribution in [1.82, 2.24) is 9.62 Å². The lowest BCUT2D eigenvalue weighted by Crippen LogP contribution is -2.44. The molecule has 1 heterocycles. The Balaban J connectivity index is 2.13.